The molecule has 1 aliphatic heterocycles. The predicted molar refractivity (Wildman–Crippen MR) is 118 cm³/mol. The first-order chi connectivity index (χ1) is 13.5. The van der Waals surface area contributed by atoms with Crippen LogP contribution in [0.25, 0.3) is 10.2 Å². The highest BCUT2D eigenvalue weighted by atomic mass is 35.5. The number of carbonyl (C=O) groups excluding carboxylic acids is 2. The molecule has 28 heavy (non-hydrogen) atoms. The van der Waals surface area contributed by atoms with Gasteiger partial charge in [0.25, 0.3) is 5.91 Å². The van der Waals surface area contributed by atoms with Gasteiger partial charge in [-0.2, -0.15) is 4.99 Å². The Labute approximate surface area is 178 Å². The molecule has 2 amide bonds. The van der Waals surface area contributed by atoms with Crippen LogP contribution in [0.2, 0.25) is 5.02 Å². The number of hydrogen-bond acceptors (Lipinski definition) is 4. The van der Waals surface area contributed by atoms with Gasteiger partial charge in [-0.25, -0.2) is 0 Å². The maximum atomic E-state index is 12.3. The molecule has 2 heterocycles. The van der Waals surface area contributed by atoms with Crippen molar-refractivity contribution in [1.29, 1.82) is 0 Å². The van der Waals surface area contributed by atoms with Crippen LogP contribution in [0.5, 0.6) is 0 Å². The largest absolute Gasteiger partial charge is 0.342 e. The van der Waals surface area contributed by atoms with E-state index in [2.05, 4.69) is 18.5 Å². The van der Waals surface area contributed by atoms with Crippen LogP contribution in [-0.4, -0.2) is 45.9 Å². The van der Waals surface area contributed by atoms with E-state index in [1.165, 1.54) is 23.1 Å². The second-order valence-electron chi connectivity index (χ2n) is 6.96. The minimum atomic E-state index is -0.236. The number of benzene rings is 1. The number of likely N-dealkylation sites (tertiary alicyclic amines) is 1. The van der Waals surface area contributed by atoms with Gasteiger partial charge in [0, 0.05) is 24.7 Å². The van der Waals surface area contributed by atoms with E-state index in [1.54, 1.807) is 6.08 Å². The van der Waals surface area contributed by atoms with Crippen molar-refractivity contribution in [2.75, 3.05) is 24.6 Å². The topological polar surface area (TPSA) is 54.7 Å². The Morgan fingerprint density at radius 1 is 1.36 bits per heavy atom. The molecule has 1 fully saturated rings. The Kier molecular flexibility index (Phi) is 7.37. The first-order valence-electron chi connectivity index (χ1n) is 9.31. The zero-order chi connectivity index (χ0) is 20.1. The normalized spacial score (nSPS) is 15.9. The number of hydrogen-bond donors (Lipinski definition) is 0. The van der Waals surface area contributed by atoms with E-state index in [4.69, 9.17) is 11.6 Å². The molecule has 1 aromatic carbocycles. The zero-order valence-electron chi connectivity index (χ0n) is 15.9. The van der Waals surface area contributed by atoms with Crippen molar-refractivity contribution < 1.29 is 9.59 Å². The maximum absolute atomic E-state index is 12.3. The Bertz CT molecular complexity index is 943. The number of thiazole rings is 1. The van der Waals surface area contributed by atoms with Gasteiger partial charge >= 0.3 is 0 Å². The van der Waals surface area contributed by atoms with Gasteiger partial charge < -0.3 is 9.47 Å². The summed E-state index contributed by atoms with van der Waals surface area (Å²) in [6.07, 6.45) is 3.89. The van der Waals surface area contributed by atoms with Crippen LogP contribution in [0.15, 0.2) is 35.8 Å². The van der Waals surface area contributed by atoms with Gasteiger partial charge in [-0.05, 0) is 37.0 Å². The zero-order valence-corrected chi connectivity index (χ0v) is 18.3. The quantitative estimate of drug-likeness (QED) is 0.642. The SMILES string of the molecule is C=CCn1c(=NC(=O)CSCC(=O)N2CCC(C)CC2)sc2cc(Cl)ccc21. The molecule has 0 radical (unpaired) electrons. The molecule has 3 rings (SSSR count). The van der Waals surface area contributed by atoms with Gasteiger partial charge in [-0.3, -0.25) is 9.59 Å². The summed E-state index contributed by atoms with van der Waals surface area (Å²) >= 11 is 8.83. The van der Waals surface area contributed by atoms with Gasteiger partial charge in [-0.15, -0.1) is 18.3 Å². The molecule has 0 spiro atoms. The van der Waals surface area contributed by atoms with Crippen LogP contribution >= 0.6 is 34.7 Å². The molecule has 0 bridgehead atoms. The van der Waals surface area contributed by atoms with Gasteiger partial charge in [0.05, 0.1) is 21.7 Å². The van der Waals surface area contributed by atoms with Crippen LogP contribution in [0.4, 0.5) is 0 Å². The van der Waals surface area contributed by atoms with Crippen molar-refractivity contribution in [2.24, 2.45) is 10.9 Å². The van der Waals surface area contributed by atoms with Gasteiger partial charge in [0.15, 0.2) is 4.80 Å². The second-order valence-corrected chi connectivity index (χ2v) is 9.39. The van der Waals surface area contributed by atoms with E-state index in [-0.39, 0.29) is 17.6 Å². The molecule has 1 aromatic heterocycles. The average molecular weight is 438 g/mol. The molecular formula is C20H24ClN3O2S2. The molecule has 0 aliphatic carbocycles. The lowest BCUT2D eigenvalue weighted by Gasteiger charge is -2.30. The number of rotatable bonds is 6. The lowest BCUT2D eigenvalue weighted by Crippen LogP contribution is -2.39. The molecule has 2 aromatic rings. The fourth-order valence-electron chi connectivity index (χ4n) is 3.15. The average Bonchev–Trinajstić information content (AvgIpc) is 2.98. The van der Waals surface area contributed by atoms with Crippen LogP contribution in [-0.2, 0) is 16.1 Å². The second kappa shape index (κ2) is 9.76. The van der Waals surface area contributed by atoms with Crippen molar-refractivity contribution in [1.82, 2.24) is 9.47 Å². The molecule has 5 nitrogen and oxygen atoms in total. The smallest absolute Gasteiger partial charge is 0.258 e. The highest BCUT2D eigenvalue weighted by Crippen LogP contribution is 2.22. The van der Waals surface area contributed by atoms with Crippen molar-refractivity contribution in [3.05, 3.63) is 40.7 Å². The summed E-state index contributed by atoms with van der Waals surface area (Å²) in [5, 5.41) is 0.651. The third kappa shape index (κ3) is 5.27. The third-order valence-corrected chi connectivity index (χ3v) is 6.94. The van der Waals surface area contributed by atoms with E-state index in [9.17, 15) is 9.59 Å². The fourth-order valence-corrected chi connectivity index (χ4v) is 5.18. The molecule has 0 atom stereocenters. The number of allylic oxidation sites excluding steroid dienone is 1. The summed E-state index contributed by atoms with van der Waals surface area (Å²) in [5.41, 5.74) is 0.975. The Balaban J connectivity index is 1.63. The van der Waals surface area contributed by atoms with E-state index in [1.807, 2.05) is 27.7 Å². The summed E-state index contributed by atoms with van der Waals surface area (Å²) in [6.45, 7) is 8.21. The molecule has 0 unspecified atom stereocenters. The number of thioether (sulfide) groups is 1. The van der Waals surface area contributed by atoms with Gasteiger partial charge in [0.1, 0.15) is 0 Å². The van der Waals surface area contributed by atoms with Crippen molar-refractivity contribution in [3.8, 4) is 0 Å². The van der Waals surface area contributed by atoms with E-state index in [0.717, 1.165) is 36.1 Å². The Morgan fingerprint density at radius 3 is 2.82 bits per heavy atom. The number of piperidine rings is 1. The van der Waals surface area contributed by atoms with Crippen molar-refractivity contribution in [3.63, 3.8) is 0 Å². The van der Waals surface area contributed by atoms with Gasteiger partial charge in [0.2, 0.25) is 5.91 Å². The van der Waals surface area contributed by atoms with Crippen LogP contribution in [0.3, 0.4) is 0 Å². The third-order valence-electron chi connectivity index (χ3n) is 4.76. The van der Waals surface area contributed by atoms with Crippen molar-refractivity contribution >= 4 is 56.7 Å². The van der Waals surface area contributed by atoms with Crippen LogP contribution in [0.1, 0.15) is 19.8 Å². The Hall–Kier alpha value is -1.57. The monoisotopic (exact) mass is 437 g/mol. The first-order valence-corrected chi connectivity index (χ1v) is 11.7. The number of halogens is 1. The van der Waals surface area contributed by atoms with E-state index >= 15 is 0 Å². The lowest BCUT2D eigenvalue weighted by molar-refractivity contribution is -0.129. The minimum Gasteiger partial charge on any atom is -0.342 e. The number of carbonyl (C=O) groups is 2. The molecule has 150 valence electrons. The number of nitrogens with zero attached hydrogens (tertiary/aromatic N) is 3. The fraction of sp³-hybridized carbons (Fsp3) is 0.450. The molecular weight excluding hydrogens is 414 g/mol. The number of fused-ring (bicyclic) bond motifs is 1. The highest BCUT2D eigenvalue weighted by Gasteiger charge is 2.20. The van der Waals surface area contributed by atoms with Crippen LogP contribution < -0.4 is 4.80 Å². The molecule has 0 N–H and O–H groups in total. The number of aromatic nitrogens is 1. The Morgan fingerprint density at radius 2 is 2.11 bits per heavy atom. The lowest BCUT2D eigenvalue weighted by atomic mass is 9.99. The summed E-state index contributed by atoms with van der Waals surface area (Å²) in [5.74, 6) is 1.09. The molecule has 8 heteroatoms. The molecule has 1 saturated heterocycles. The predicted octanol–water partition coefficient (Wildman–Crippen LogP) is 3.96. The molecule has 1 aliphatic rings. The van der Waals surface area contributed by atoms with Crippen molar-refractivity contribution in [2.45, 2.75) is 26.3 Å². The van der Waals surface area contributed by atoms with E-state index in [0.29, 0.717) is 28.0 Å². The summed E-state index contributed by atoms with van der Waals surface area (Å²) < 4.78 is 2.93. The standard InChI is InChI=1S/C20H24ClN3O2S2/c1-3-8-24-16-5-4-15(21)11-17(16)28-20(24)22-18(25)12-27-13-19(26)23-9-6-14(2)7-10-23/h3-5,11,14H,1,6-10,12-13H2,2H3. The van der Waals surface area contributed by atoms with E-state index < -0.39 is 0 Å². The number of amides is 2. The van der Waals surface area contributed by atoms with Crippen LogP contribution in [0, 0.1) is 5.92 Å². The molecule has 0 saturated carbocycles. The van der Waals surface area contributed by atoms with Gasteiger partial charge in [-0.1, -0.05) is 35.9 Å². The minimum absolute atomic E-state index is 0.114. The summed E-state index contributed by atoms with van der Waals surface area (Å²) in [7, 11) is 0. The first kappa shape index (κ1) is 21.1. The maximum Gasteiger partial charge on any atom is 0.258 e. The summed E-state index contributed by atoms with van der Waals surface area (Å²) in [4.78, 5) is 31.4. The summed E-state index contributed by atoms with van der Waals surface area (Å²) in [6, 6.07) is 5.62. The highest BCUT2D eigenvalue weighted by molar-refractivity contribution is 8.00.